The molecule has 0 saturated carbocycles. The van der Waals surface area contributed by atoms with E-state index in [4.69, 9.17) is 5.26 Å². The van der Waals surface area contributed by atoms with Gasteiger partial charge in [-0.2, -0.15) is 5.26 Å². The molecule has 0 spiro atoms. The fraction of sp³-hybridized carbons (Fsp3) is 0.0667. The van der Waals surface area contributed by atoms with Gasteiger partial charge in [-0.3, -0.25) is 4.79 Å². The summed E-state index contributed by atoms with van der Waals surface area (Å²) in [6.07, 6.45) is 1.49. The Morgan fingerprint density at radius 3 is 2.70 bits per heavy atom. The highest BCUT2D eigenvalue weighted by atomic mass is 32.1. The van der Waals surface area contributed by atoms with E-state index < -0.39 is 5.91 Å². The first-order valence-corrected chi connectivity index (χ1v) is 6.78. The van der Waals surface area contributed by atoms with E-state index in [1.54, 1.807) is 23.5 Å². The molecule has 2 N–H and O–H groups in total. The van der Waals surface area contributed by atoms with Crippen molar-refractivity contribution in [2.75, 3.05) is 0 Å². The van der Waals surface area contributed by atoms with Gasteiger partial charge < -0.3 is 10.4 Å². The van der Waals surface area contributed by atoms with Crippen LogP contribution < -0.4 is 5.32 Å². The van der Waals surface area contributed by atoms with Crippen LogP contribution in [0.2, 0.25) is 0 Å². The summed E-state index contributed by atoms with van der Waals surface area (Å²) in [6, 6.07) is 12.0. The molecule has 0 saturated heterocycles. The van der Waals surface area contributed by atoms with Crippen LogP contribution in [0.25, 0.3) is 6.08 Å². The number of rotatable bonds is 4. The van der Waals surface area contributed by atoms with Crippen LogP contribution in [0, 0.1) is 11.3 Å². The average molecular weight is 284 g/mol. The Morgan fingerprint density at radius 2 is 2.10 bits per heavy atom. The lowest BCUT2D eigenvalue weighted by Gasteiger charge is -2.02. The molecular formula is C15H12N2O2S. The minimum atomic E-state index is -0.408. The van der Waals surface area contributed by atoms with Crippen LogP contribution in [0.5, 0.6) is 5.75 Å². The van der Waals surface area contributed by atoms with Crippen molar-refractivity contribution in [3.05, 3.63) is 57.8 Å². The molecule has 1 aromatic carbocycles. The fourth-order valence-corrected chi connectivity index (χ4v) is 2.21. The number of hydrogen-bond donors (Lipinski definition) is 2. The average Bonchev–Trinajstić information content (AvgIpc) is 2.97. The lowest BCUT2D eigenvalue weighted by molar-refractivity contribution is -0.117. The molecule has 0 radical (unpaired) electrons. The third-order valence-electron chi connectivity index (χ3n) is 2.57. The predicted molar refractivity (Wildman–Crippen MR) is 77.9 cm³/mol. The molecule has 0 atom stereocenters. The van der Waals surface area contributed by atoms with Crippen molar-refractivity contribution in [3.63, 3.8) is 0 Å². The first kappa shape index (κ1) is 13.8. The second-order valence-electron chi connectivity index (χ2n) is 4.02. The van der Waals surface area contributed by atoms with E-state index >= 15 is 0 Å². The van der Waals surface area contributed by atoms with Crippen LogP contribution in [0.3, 0.4) is 0 Å². The van der Waals surface area contributed by atoms with Gasteiger partial charge in [0.15, 0.2) is 0 Å². The molecule has 1 heterocycles. The second-order valence-corrected chi connectivity index (χ2v) is 5.06. The summed E-state index contributed by atoms with van der Waals surface area (Å²) in [4.78, 5) is 12.9. The molecule has 2 rings (SSSR count). The molecule has 0 unspecified atom stereocenters. The largest absolute Gasteiger partial charge is 0.508 e. The van der Waals surface area contributed by atoms with Crippen molar-refractivity contribution in [2.45, 2.75) is 6.54 Å². The maximum absolute atomic E-state index is 11.9. The Labute approximate surface area is 120 Å². The Hall–Kier alpha value is -2.58. The minimum absolute atomic E-state index is 0.0345. The molecule has 100 valence electrons. The van der Waals surface area contributed by atoms with E-state index in [2.05, 4.69) is 5.32 Å². The first-order chi connectivity index (χ1) is 9.69. The van der Waals surface area contributed by atoms with E-state index in [9.17, 15) is 9.90 Å². The number of hydrogen-bond acceptors (Lipinski definition) is 4. The second kappa shape index (κ2) is 6.55. The van der Waals surface area contributed by atoms with E-state index in [-0.39, 0.29) is 11.3 Å². The van der Waals surface area contributed by atoms with Crippen molar-refractivity contribution in [3.8, 4) is 11.8 Å². The maximum atomic E-state index is 11.9. The number of nitrogens with one attached hydrogen (secondary N) is 1. The molecule has 1 amide bonds. The SMILES string of the molecule is N#CC(=Cc1ccc(O)cc1)C(=O)NCc1cccs1. The number of amides is 1. The zero-order chi connectivity index (χ0) is 14.4. The lowest BCUT2D eigenvalue weighted by Crippen LogP contribution is -2.23. The van der Waals surface area contributed by atoms with Crippen LogP contribution >= 0.6 is 11.3 Å². The Bertz CT molecular complexity index is 652. The summed E-state index contributed by atoms with van der Waals surface area (Å²) in [5, 5.41) is 22.9. The molecule has 2 aromatic rings. The summed E-state index contributed by atoms with van der Waals surface area (Å²) >= 11 is 1.54. The summed E-state index contributed by atoms with van der Waals surface area (Å²) in [6.45, 7) is 0.408. The zero-order valence-electron chi connectivity index (χ0n) is 10.5. The smallest absolute Gasteiger partial charge is 0.262 e. The number of thiophene rings is 1. The third-order valence-corrected chi connectivity index (χ3v) is 3.45. The van der Waals surface area contributed by atoms with Crippen LogP contribution in [0.15, 0.2) is 47.4 Å². The normalized spacial score (nSPS) is 10.8. The third kappa shape index (κ3) is 3.70. The van der Waals surface area contributed by atoms with Gasteiger partial charge in [0.1, 0.15) is 17.4 Å². The number of nitriles is 1. The van der Waals surface area contributed by atoms with Crippen molar-refractivity contribution in [1.29, 1.82) is 5.26 Å². The van der Waals surface area contributed by atoms with Crippen LogP contribution in [0.1, 0.15) is 10.4 Å². The first-order valence-electron chi connectivity index (χ1n) is 5.90. The predicted octanol–water partition coefficient (Wildman–Crippen LogP) is 2.68. The quantitative estimate of drug-likeness (QED) is 0.669. The van der Waals surface area contributed by atoms with Crippen molar-refractivity contribution in [1.82, 2.24) is 5.32 Å². The molecule has 0 aliphatic heterocycles. The van der Waals surface area contributed by atoms with Gasteiger partial charge in [0, 0.05) is 4.88 Å². The van der Waals surface area contributed by atoms with E-state index in [1.165, 1.54) is 18.2 Å². The fourth-order valence-electron chi connectivity index (χ4n) is 1.56. The van der Waals surface area contributed by atoms with Gasteiger partial charge in [-0.25, -0.2) is 0 Å². The molecule has 4 nitrogen and oxygen atoms in total. The highest BCUT2D eigenvalue weighted by Crippen LogP contribution is 2.13. The highest BCUT2D eigenvalue weighted by molar-refractivity contribution is 7.09. The number of benzene rings is 1. The summed E-state index contributed by atoms with van der Waals surface area (Å²) in [5.41, 5.74) is 0.720. The van der Waals surface area contributed by atoms with E-state index in [0.29, 0.717) is 12.1 Å². The van der Waals surface area contributed by atoms with E-state index in [0.717, 1.165) is 4.88 Å². The molecule has 0 bridgehead atoms. The van der Waals surface area contributed by atoms with Gasteiger partial charge in [-0.15, -0.1) is 11.3 Å². The van der Waals surface area contributed by atoms with Gasteiger partial charge >= 0.3 is 0 Å². The minimum Gasteiger partial charge on any atom is -0.508 e. The van der Waals surface area contributed by atoms with Crippen molar-refractivity contribution < 1.29 is 9.90 Å². The Balaban J connectivity index is 2.05. The molecular weight excluding hydrogens is 272 g/mol. The number of phenols is 1. The molecule has 5 heteroatoms. The number of carbonyl (C=O) groups excluding carboxylic acids is 1. The summed E-state index contributed by atoms with van der Waals surface area (Å²) in [5.74, 6) is -0.267. The molecule has 1 aromatic heterocycles. The summed E-state index contributed by atoms with van der Waals surface area (Å²) < 4.78 is 0. The van der Waals surface area contributed by atoms with Gasteiger partial charge in [0.05, 0.1) is 6.54 Å². The van der Waals surface area contributed by atoms with Crippen molar-refractivity contribution in [2.24, 2.45) is 0 Å². The Morgan fingerprint density at radius 1 is 1.35 bits per heavy atom. The van der Waals surface area contributed by atoms with E-state index in [1.807, 2.05) is 23.6 Å². The number of phenolic OH excluding ortho intramolecular Hbond substituents is 1. The zero-order valence-corrected chi connectivity index (χ0v) is 11.4. The maximum Gasteiger partial charge on any atom is 0.262 e. The van der Waals surface area contributed by atoms with Gasteiger partial charge in [-0.1, -0.05) is 18.2 Å². The number of aromatic hydroxyl groups is 1. The van der Waals surface area contributed by atoms with Crippen LogP contribution in [-0.4, -0.2) is 11.0 Å². The Kier molecular flexibility index (Phi) is 4.53. The van der Waals surface area contributed by atoms with Crippen LogP contribution in [-0.2, 0) is 11.3 Å². The summed E-state index contributed by atoms with van der Waals surface area (Å²) in [7, 11) is 0. The monoisotopic (exact) mass is 284 g/mol. The molecule has 0 aliphatic carbocycles. The molecule has 0 aliphatic rings. The van der Waals surface area contributed by atoms with Crippen molar-refractivity contribution >= 4 is 23.3 Å². The standard InChI is InChI=1S/C15H12N2O2S/c16-9-12(8-11-3-5-13(18)6-4-11)15(19)17-10-14-2-1-7-20-14/h1-8,18H,10H2,(H,17,19). The number of carbonyl (C=O) groups is 1. The topological polar surface area (TPSA) is 73.1 Å². The van der Waals surface area contributed by atoms with Crippen LogP contribution in [0.4, 0.5) is 0 Å². The molecule has 20 heavy (non-hydrogen) atoms. The highest BCUT2D eigenvalue weighted by Gasteiger charge is 2.08. The van der Waals surface area contributed by atoms with Gasteiger partial charge in [0.2, 0.25) is 0 Å². The van der Waals surface area contributed by atoms with Gasteiger partial charge in [0.25, 0.3) is 5.91 Å². The van der Waals surface area contributed by atoms with Gasteiger partial charge in [-0.05, 0) is 35.2 Å². The lowest BCUT2D eigenvalue weighted by atomic mass is 10.1. The molecule has 0 fully saturated rings. The number of nitrogens with zero attached hydrogens (tertiary/aromatic N) is 1.